The lowest BCUT2D eigenvalue weighted by atomic mass is 10.0. The standard InChI is InChI=1S/C18H30O3S.2C2H6N2O/c1-2-3-4-5-6-7-8-9-10-11-14-17-15-12-13-16-18(17)22(19,20)21;1-5-2(3)4;1-4-2(3)5/h12-13,15-16H,2-11,14H2,1H3,(H,19,20,21);1H3,(H3,3,4);1H3,(H3,3,4,5). The van der Waals surface area contributed by atoms with Gasteiger partial charge < -0.3 is 21.5 Å². The summed E-state index contributed by atoms with van der Waals surface area (Å²) in [6, 6.07) is 5.98. The van der Waals surface area contributed by atoms with E-state index in [0.717, 1.165) is 18.4 Å². The number of urea groups is 1. The topological polar surface area (TPSA) is 169 Å². The van der Waals surface area contributed by atoms with Crippen LogP contribution in [0.25, 0.3) is 0 Å². The summed E-state index contributed by atoms with van der Waals surface area (Å²) < 4.78 is 35.9. The molecule has 0 unspecified atom stereocenters. The fraction of sp³-hybridized carbons (Fsp3) is 0.636. The average Bonchev–Trinajstić information content (AvgIpc) is 2.75. The fourth-order valence-electron chi connectivity index (χ4n) is 2.76. The SMILES string of the molecule is CCCCCCCCCCCCc1ccccc1S(=O)(=O)O.CNC(N)=O.COC(=N)N. The van der Waals surface area contributed by atoms with Crippen molar-refractivity contribution in [2.75, 3.05) is 14.2 Å². The molecule has 10 heteroatoms. The predicted octanol–water partition coefficient (Wildman–Crippen LogP) is 4.21. The molecule has 9 nitrogen and oxygen atoms in total. The van der Waals surface area contributed by atoms with Gasteiger partial charge in [-0.05, 0) is 24.5 Å². The molecular weight excluding hydrogens is 432 g/mol. The Hall–Kier alpha value is -2.33. The van der Waals surface area contributed by atoms with E-state index in [9.17, 15) is 17.8 Å². The summed E-state index contributed by atoms with van der Waals surface area (Å²) in [6.45, 7) is 2.24. The summed E-state index contributed by atoms with van der Waals surface area (Å²) in [5, 5.41) is 8.47. The van der Waals surface area contributed by atoms with Crippen molar-refractivity contribution in [3.63, 3.8) is 0 Å². The number of aryl methyl sites for hydroxylation is 1. The molecule has 0 atom stereocenters. The number of amidine groups is 1. The second kappa shape index (κ2) is 20.6. The molecule has 2 amide bonds. The molecule has 0 aromatic heterocycles. The number of benzene rings is 1. The minimum Gasteiger partial charge on any atom is -0.469 e. The van der Waals surface area contributed by atoms with Crippen LogP contribution in [0.1, 0.15) is 76.7 Å². The minimum atomic E-state index is -4.10. The molecule has 0 aliphatic rings. The van der Waals surface area contributed by atoms with Gasteiger partial charge in [-0.25, -0.2) is 4.79 Å². The Labute approximate surface area is 193 Å². The second-order valence-corrected chi connectivity index (χ2v) is 8.59. The number of nitrogens with two attached hydrogens (primary N) is 2. The van der Waals surface area contributed by atoms with Crippen LogP contribution in [0.4, 0.5) is 4.79 Å². The lowest BCUT2D eigenvalue weighted by Crippen LogP contribution is -2.24. The van der Waals surface area contributed by atoms with Gasteiger partial charge in [-0.3, -0.25) is 9.96 Å². The molecule has 1 rings (SSSR count). The lowest BCUT2D eigenvalue weighted by Gasteiger charge is -2.07. The van der Waals surface area contributed by atoms with E-state index in [4.69, 9.17) is 5.41 Å². The Morgan fingerprint density at radius 2 is 1.41 bits per heavy atom. The van der Waals surface area contributed by atoms with Crippen LogP contribution in [0.2, 0.25) is 0 Å². The van der Waals surface area contributed by atoms with Gasteiger partial charge >= 0.3 is 6.03 Å². The maximum absolute atomic E-state index is 11.3. The fourth-order valence-corrected chi connectivity index (χ4v) is 3.52. The number of hydrogen-bond acceptors (Lipinski definition) is 5. The van der Waals surface area contributed by atoms with E-state index in [0.29, 0.717) is 6.42 Å². The number of rotatable bonds is 12. The first-order valence-corrected chi connectivity index (χ1v) is 12.4. The molecule has 1 aromatic rings. The molecule has 0 saturated heterocycles. The number of methoxy groups -OCH3 is 1. The van der Waals surface area contributed by atoms with Gasteiger partial charge in [-0.1, -0.05) is 82.9 Å². The number of hydrogen-bond donors (Lipinski definition) is 5. The Kier molecular flexibility index (Phi) is 20.5. The molecule has 0 aliphatic carbocycles. The third kappa shape index (κ3) is 20.9. The minimum absolute atomic E-state index is 0.0610. The second-order valence-electron chi connectivity index (χ2n) is 7.20. The number of carbonyl (C=O) groups excluding carboxylic acids is 1. The highest BCUT2D eigenvalue weighted by Crippen LogP contribution is 2.18. The maximum atomic E-state index is 11.3. The highest BCUT2D eigenvalue weighted by atomic mass is 32.2. The number of primary amides is 1. The van der Waals surface area contributed by atoms with E-state index in [1.54, 1.807) is 12.1 Å². The van der Waals surface area contributed by atoms with E-state index in [1.165, 1.54) is 71.6 Å². The first-order valence-electron chi connectivity index (χ1n) is 11.0. The normalized spacial score (nSPS) is 10.1. The smallest absolute Gasteiger partial charge is 0.311 e. The average molecular weight is 475 g/mol. The van der Waals surface area contributed by atoms with Crippen molar-refractivity contribution in [3.05, 3.63) is 29.8 Å². The molecule has 0 fully saturated rings. The van der Waals surface area contributed by atoms with Gasteiger partial charge in [0.1, 0.15) is 0 Å². The van der Waals surface area contributed by atoms with Crippen LogP contribution in [0.3, 0.4) is 0 Å². The molecule has 32 heavy (non-hydrogen) atoms. The van der Waals surface area contributed by atoms with Gasteiger partial charge in [0.05, 0.1) is 12.0 Å². The van der Waals surface area contributed by atoms with E-state index in [-0.39, 0.29) is 10.9 Å². The van der Waals surface area contributed by atoms with Crippen LogP contribution in [0, 0.1) is 5.41 Å². The molecule has 0 aliphatic heterocycles. The summed E-state index contributed by atoms with van der Waals surface area (Å²) in [4.78, 5) is 9.54. The molecular formula is C22H42N4O5S. The third-order valence-electron chi connectivity index (χ3n) is 4.52. The van der Waals surface area contributed by atoms with Crippen molar-refractivity contribution < 1.29 is 22.5 Å². The largest absolute Gasteiger partial charge is 0.469 e. The Balaban J connectivity index is 0. The van der Waals surface area contributed by atoms with Crippen LogP contribution in [0.5, 0.6) is 0 Å². The van der Waals surface area contributed by atoms with Crippen molar-refractivity contribution in [1.82, 2.24) is 5.32 Å². The van der Waals surface area contributed by atoms with Crippen LogP contribution in [-0.2, 0) is 21.3 Å². The Bertz CT molecular complexity index is 713. The van der Waals surface area contributed by atoms with Crippen LogP contribution in [0.15, 0.2) is 29.2 Å². The summed E-state index contributed by atoms with van der Waals surface area (Å²) in [5.41, 5.74) is 9.92. The Morgan fingerprint density at radius 1 is 1.00 bits per heavy atom. The van der Waals surface area contributed by atoms with Crippen molar-refractivity contribution >= 4 is 22.2 Å². The summed E-state index contributed by atoms with van der Waals surface area (Å²) in [5.74, 6) is 0. The molecule has 0 radical (unpaired) electrons. The lowest BCUT2D eigenvalue weighted by molar-refractivity contribution is 0.251. The highest BCUT2D eigenvalue weighted by Gasteiger charge is 2.13. The van der Waals surface area contributed by atoms with Crippen LogP contribution >= 0.6 is 0 Å². The monoisotopic (exact) mass is 474 g/mol. The molecule has 0 spiro atoms. The first kappa shape index (κ1) is 31.9. The zero-order chi connectivity index (χ0) is 24.8. The molecule has 0 saturated carbocycles. The maximum Gasteiger partial charge on any atom is 0.311 e. The van der Waals surface area contributed by atoms with Gasteiger partial charge in [-0.15, -0.1) is 0 Å². The molecule has 0 bridgehead atoms. The van der Waals surface area contributed by atoms with Crippen molar-refractivity contribution in [3.8, 4) is 0 Å². The summed E-state index contributed by atoms with van der Waals surface area (Å²) in [6.07, 6.45) is 13.3. The van der Waals surface area contributed by atoms with Crippen molar-refractivity contribution in [2.24, 2.45) is 11.5 Å². The molecule has 0 heterocycles. The van der Waals surface area contributed by atoms with Gasteiger partial charge in [0.15, 0.2) is 0 Å². The first-order chi connectivity index (χ1) is 15.1. The van der Waals surface area contributed by atoms with Gasteiger partial charge in [0.2, 0.25) is 0 Å². The summed E-state index contributed by atoms with van der Waals surface area (Å²) in [7, 11) is -1.27. The summed E-state index contributed by atoms with van der Waals surface area (Å²) >= 11 is 0. The molecule has 186 valence electrons. The van der Waals surface area contributed by atoms with E-state index in [2.05, 4.69) is 28.4 Å². The number of nitrogens with one attached hydrogen (secondary N) is 2. The van der Waals surface area contributed by atoms with Crippen LogP contribution < -0.4 is 16.8 Å². The van der Waals surface area contributed by atoms with Crippen molar-refractivity contribution in [2.45, 2.75) is 82.4 Å². The van der Waals surface area contributed by atoms with Crippen LogP contribution in [-0.4, -0.2) is 39.2 Å². The molecule has 1 aromatic carbocycles. The number of unbranched alkanes of at least 4 members (excludes halogenated alkanes) is 9. The van der Waals surface area contributed by atoms with Crippen molar-refractivity contribution in [1.29, 1.82) is 5.41 Å². The third-order valence-corrected chi connectivity index (χ3v) is 5.47. The zero-order valence-corrected chi connectivity index (χ0v) is 20.5. The predicted molar refractivity (Wildman–Crippen MR) is 129 cm³/mol. The number of amides is 2. The van der Waals surface area contributed by atoms with E-state index in [1.807, 2.05) is 6.07 Å². The number of carbonyl (C=O) groups is 1. The van der Waals surface area contributed by atoms with E-state index < -0.39 is 16.1 Å². The van der Waals surface area contributed by atoms with E-state index >= 15 is 0 Å². The zero-order valence-electron chi connectivity index (χ0n) is 19.7. The van der Waals surface area contributed by atoms with Gasteiger partial charge in [0.25, 0.3) is 16.1 Å². The quantitative estimate of drug-likeness (QED) is 0.131. The molecule has 7 N–H and O–H groups in total. The Morgan fingerprint density at radius 3 is 1.78 bits per heavy atom. The number of ether oxygens (including phenoxy) is 1. The van der Waals surface area contributed by atoms with Gasteiger partial charge in [0, 0.05) is 7.05 Å². The highest BCUT2D eigenvalue weighted by molar-refractivity contribution is 7.85. The van der Waals surface area contributed by atoms with Gasteiger partial charge in [-0.2, -0.15) is 8.42 Å².